The standard InChI is InChI=1S/C6H14O2/c1-4-6(8-3)5(2)7/h5-7H,4H2,1-3H3. The molecule has 0 aromatic heterocycles. The van der Waals surface area contributed by atoms with Gasteiger partial charge in [0.05, 0.1) is 12.2 Å². The first-order chi connectivity index (χ1) is 3.72. The summed E-state index contributed by atoms with van der Waals surface area (Å²) in [6, 6.07) is 0. The van der Waals surface area contributed by atoms with Crippen molar-refractivity contribution in [3.05, 3.63) is 0 Å². The highest BCUT2D eigenvalue weighted by molar-refractivity contribution is 4.59. The van der Waals surface area contributed by atoms with Crippen molar-refractivity contribution in [1.29, 1.82) is 0 Å². The van der Waals surface area contributed by atoms with E-state index in [9.17, 15) is 0 Å². The van der Waals surface area contributed by atoms with Crippen LogP contribution in [0.4, 0.5) is 0 Å². The zero-order valence-electron chi connectivity index (χ0n) is 5.72. The minimum Gasteiger partial charge on any atom is -0.391 e. The minimum absolute atomic E-state index is 0.00926. The molecule has 0 saturated heterocycles. The summed E-state index contributed by atoms with van der Waals surface area (Å²) in [6.45, 7) is 3.72. The number of rotatable bonds is 3. The summed E-state index contributed by atoms with van der Waals surface area (Å²) in [5, 5.41) is 8.89. The van der Waals surface area contributed by atoms with Gasteiger partial charge in [0, 0.05) is 7.11 Å². The molecule has 0 spiro atoms. The molecule has 2 heteroatoms. The lowest BCUT2D eigenvalue weighted by Gasteiger charge is -2.14. The molecule has 2 unspecified atom stereocenters. The van der Waals surface area contributed by atoms with Crippen molar-refractivity contribution >= 4 is 0 Å². The highest BCUT2D eigenvalue weighted by Gasteiger charge is 2.09. The normalized spacial score (nSPS) is 18.0. The molecule has 50 valence electrons. The van der Waals surface area contributed by atoms with E-state index < -0.39 is 0 Å². The lowest BCUT2D eigenvalue weighted by atomic mass is 10.2. The smallest absolute Gasteiger partial charge is 0.0824 e. The van der Waals surface area contributed by atoms with Crippen LogP contribution in [0.15, 0.2) is 0 Å². The lowest BCUT2D eigenvalue weighted by Crippen LogP contribution is -2.23. The monoisotopic (exact) mass is 118 g/mol. The van der Waals surface area contributed by atoms with Crippen molar-refractivity contribution in [2.24, 2.45) is 0 Å². The van der Waals surface area contributed by atoms with Crippen molar-refractivity contribution in [2.75, 3.05) is 7.11 Å². The molecule has 0 aliphatic carbocycles. The van der Waals surface area contributed by atoms with E-state index in [4.69, 9.17) is 9.84 Å². The second-order valence-corrected chi connectivity index (χ2v) is 1.92. The summed E-state index contributed by atoms with van der Waals surface area (Å²) in [7, 11) is 1.61. The first-order valence-corrected chi connectivity index (χ1v) is 2.93. The average molecular weight is 118 g/mol. The fourth-order valence-corrected chi connectivity index (χ4v) is 0.705. The van der Waals surface area contributed by atoms with E-state index in [0.717, 1.165) is 6.42 Å². The maximum Gasteiger partial charge on any atom is 0.0824 e. The molecule has 0 aliphatic heterocycles. The third-order valence-electron chi connectivity index (χ3n) is 1.24. The average Bonchev–Trinajstić information content (AvgIpc) is 1.69. The van der Waals surface area contributed by atoms with E-state index in [1.807, 2.05) is 6.92 Å². The van der Waals surface area contributed by atoms with E-state index in [0.29, 0.717) is 0 Å². The van der Waals surface area contributed by atoms with Crippen LogP contribution in [0.5, 0.6) is 0 Å². The Kier molecular flexibility index (Phi) is 3.83. The van der Waals surface area contributed by atoms with E-state index in [2.05, 4.69) is 0 Å². The zero-order valence-corrected chi connectivity index (χ0v) is 5.72. The Morgan fingerprint density at radius 3 is 2.12 bits per heavy atom. The van der Waals surface area contributed by atoms with E-state index >= 15 is 0 Å². The summed E-state index contributed by atoms with van der Waals surface area (Å²) in [6.07, 6.45) is 0.536. The summed E-state index contributed by atoms with van der Waals surface area (Å²) in [5.74, 6) is 0. The van der Waals surface area contributed by atoms with Gasteiger partial charge in [-0.3, -0.25) is 0 Å². The molecule has 2 atom stereocenters. The topological polar surface area (TPSA) is 29.5 Å². The molecule has 0 rings (SSSR count). The molecule has 0 aromatic carbocycles. The van der Waals surface area contributed by atoms with Gasteiger partial charge in [0.1, 0.15) is 0 Å². The molecule has 0 radical (unpaired) electrons. The Hall–Kier alpha value is -0.0800. The molecule has 0 fully saturated rings. The van der Waals surface area contributed by atoms with Gasteiger partial charge in [0.2, 0.25) is 0 Å². The Bertz CT molecular complexity index is 48.5. The molecule has 0 aromatic rings. The first-order valence-electron chi connectivity index (χ1n) is 2.93. The van der Waals surface area contributed by atoms with Gasteiger partial charge in [-0.05, 0) is 13.3 Å². The van der Waals surface area contributed by atoms with Gasteiger partial charge < -0.3 is 9.84 Å². The Morgan fingerprint density at radius 2 is 2.12 bits per heavy atom. The number of aliphatic hydroxyl groups is 1. The van der Waals surface area contributed by atoms with Crippen LogP contribution in [-0.2, 0) is 4.74 Å². The summed E-state index contributed by atoms with van der Waals surface area (Å²) >= 11 is 0. The number of hydrogen-bond acceptors (Lipinski definition) is 2. The van der Waals surface area contributed by atoms with Crippen LogP contribution >= 0.6 is 0 Å². The summed E-state index contributed by atoms with van der Waals surface area (Å²) < 4.78 is 4.91. The molecule has 0 amide bonds. The predicted molar refractivity (Wildman–Crippen MR) is 32.8 cm³/mol. The van der Waals surface area contributed by atoms with Gasteiger partial charge in [-0.1, -0.05) is 6.92 Å². The van der Waals surface area contributed by atoms with Crippen LogP contribution in [0, 0.1) is 0 Å². The van der Waals surface area contributed by atoms with Gasteiger partial charge >= 0.3 is 0 Å². The maximum atomic E-state index is 8.89. The van der Waals surface area contributed by atoms with Crippen LogP contribution in [0.2, 0.25) is 0 Å². The molecular formula is C6H14O2. The second kappa shape index (κ2) is 3.87. The van der Waals surface area contributed by atoms with E-state index in [-0.39, 0.29) is 12.2 Å². The van der Waals surface area contributed by atoms with Crippen molar-refractivity contribution in [3.63, 3.8) is 0 Å². The molecule has 0 saturated carbocycles. The minimum atomic E-state index is -0.343. The largest absolute Gasteiger partial charge is 0.391 e. The second-order valence-electron chi connectivity index (χ2n) is 1.92. The Labute approximate surface area is 50.5 Å². The number of hydrogen-bond donors (Lipinski definition) is 1. The van der Waals surface area contributed by atoms with Crippen LogP contribution in [0.25, 0.3) is 0 Å². The highest BCUT2D eigenvalue weighted by Crippen LogP contribution is 2.00. The predicted octanol–water partition coefficient (Wildman–Crippen LogP) is 0.792. The van der Waals surface area contributed by atoms with Crippen molar-refractivity contribution < 1.29 is 9.84 Å². The molecule has 2 nitrogen and oxygen atoms in total. The third-order valence-corrected chi connectivity index (χ3v) is 1.24. The Balaban J connectivity index is 3.35. The van der Waals surface area contributed by atoms with E-state index in [1.54, 1.807) is 14.0 Å². The zero-order chi connectivity index (χ0) is 6.57. The molecule has 0 aliphatic rings. The van der Waals surface area contributed by atoms with Crippen LogP contribution in [-0.4, -0.2) is 24.4 Å². The quantitative estimate of drug-likeness (QED) is 0.593. The molecule has 0 bridgehead atoms. The number of ether oxygens (including phenoxy) is 1. The molecule has 0 heterocycles. The van der Waals surface area contributed by atoms with Crippen molar-refractivity contribution in [2.45, 2.75) is 32.5 Å². The van der Waals surface area contributed by atoms with Crippen molar-refractivity contribution in [3.8, 4) is 0 Å². The summed E-state index contributed by atoms with van der Waals surface area (Å²) in [5.41, 5.74) is 0. The SMILES string of the molecule is CCC(OC)C(C)O. The summed E-state index contributed by atoms with van der Waals surface area (Å²) in [4.78, 5) is 0. The molecular weight excluding hydrogens is 104 g/mol. The fourth-order valence-electron chi connectivity index (χ4n) is 0.705. The van der Waals surface area contributed by atoms with Crippen LogP contribution in [0.3, 0.4) is 0 Å². The van der Waals surface area contributed by atoms with Gasteiger partial charge in [-0.2, -0.15) is 0 Å². The number of aliphatic hydroxyl groups excluding tert-OH is 1. The van der Waals surface area contributed by atoms with Gasteiger partial charge in [0.15, 0.2) is 0 Å². The molecule has 8 heavy (non-hydrogen) atoms. The van der Waals surface area contributed by atoms with Crippen LogP contribution < -0.4 is 0 Å². The van der Waals surface area contributed by atoms with Gasteiger partial charge in [-0.15, -0.1) is 0 Å². The van der Waals surface area contributed by atoms with Gasteiger partial charge in [0.25, 0.3) is 0 Å². The third kappa shape index (κ3) is 2.28. The van der Waals surface area contributed by atoms with E-state index in [1.165, 1.54) is 0 Å². The number of methoxy groups -OCH3 is 1. The first kappa shape index (κ1) is 7.92. The lowest BCUT2D eigenvalue weighted by molar-refractivity contribution is -0.00371. The van der Waals surface area contributed by atoms with Crippen molar-refractivity contribution in [1.82, 2.24) is 0 Å². The van der Waals surface area contributed by atoms with Crippen LogP contribution in [0.1, 0.15) is 20.3 Å². The van der Waals surface area contributed by atoms with Gasteiger partial charge in [-0.25, -0.2) is 0 Å². The Morgan fingerprint density at radius 1 is 1.62 bits per heavy atom. The highest BCUT2D eigenvalue weighted by atomic mass is 16.5. The maximum absolute atomic E-state index is 8.89. The fraction of sp³-hybridized carbons (Fsp3) is 1.00. The molecule has 1 N–H and O–H groups in total.